The number of carbonyl (C=O) groups is 1. The summed E-state index contributed by atoms with van der Waals surface area (Å²) in [7, 11) is 0. The van der Waals surface area contributed by atoms with Crippen molar-refractivity contribution in [3.63, 3.8) is 0 Å². The van der Waals surface area contributed by atoms with Gasteiger partial charge >= 0.3 is 0 Å². The van der Waals surface area contributed by atoms with Gasteiger partial charge in [0.05, 0.1) is 0 Å². The lowest BCUT2D eigenvalue weighted by atomic mass is 10.0. The minimum Gasteiger partial charge on any atom is -0.483 e. The van der Waals surface area contributed by atoms with Gasteiger partial charge in [0.1, 0.15) is 17.9 Å². The molecule has 0 N–H and O–H groups in total. The maximum atomic E-state index is 12.6. The smallest absolute Gasteiger partial charge is 0.260 e. The van der Waals surface area contributed by atoms with Crippen molar-refractivity contribution in [2.45, 2.75) is 33.6 Å². The van der Waals surface area contributed by atoms with Crippen molar-refractivity contribution >= 4 is 11.7 Å². The first kappa shape index (κ1) is 19.1. The van der Waals surface area contributed by atoms with Crippen LogP contribution < -0.4 is 9.64 Å². The van der Waals surface area contributed by atoms with E-state index in [1.807, 2.05) is 30.9 Å². The average Bonchev–Trinajstić information content (AvgIpc) is 2.66. The lowest BCUT2D eigenvalue weighted by Gasteiger charge is -2.35. The molecule has 1 aliphatic rings. The van der Waals surface area contributed by atoms with Gasteiger partial charge in [0.25, 0.3) is 5.91 Å². The molecule has 6 nitrogen and oxygen atoms in total. The number of carbonyl (C=O) groups excluding carboxylic acids is 1. The second-order valence-electron chi connectivity index (χ2n) is 7.37. The Morgan fingerprint density at radius 2 is 1.85 bits per heavy atom. The molecule has 2 aromatic rings. The van der Waals surface area contributed by atoms with E-state index in [0.29, 0.717) is 19.0 Å². The normalized spacial score (nSPS) is 14.6. The summed E-state index contributed by atoms with van der Waals surface area (Å²) in [6, 6.07) is 8.16. The number of rotatable bonds is 5. The molecule has 1 aromatic heterocycles. The molecule has 0 spiro atoms. The third-order valence-electron chi connectivity index (χ3n) is 4.89. The first-order valence-electron chi connectivity index (χ1n) is 9.48. The van der Waals surface area contributed by atoms with Gasteiger partial charge in [-0.05, 0) is 37.0 Å². The fourth-order valence-electron chi connectivity index (χ4n) is 3.27. The molecular formula is C21H28N4O2. The SMILES string of the molecule is Cc1ccc(C(C)C)c(OCC(=O)N2CCN(c3cc(C)ncn3)CC2)c1. The van der Waals surface area contributed by atoms with Crippen LogP contribution in [0.4, 0.5) is 5.82 Å². The number of aryl methyl sites for hydroxylation is 2. The van der Waals surface area contributed by atoms with E-state index in [4.69, 9.17) is 4.74 Å². The third kappa shape index (κ3) is 4.76. The highest BCUT2D eigenvalue weighted by Gasteiger charge is 2.22. The van der Waals surface area contributed by atoms with Crippen LogP contribution in [0.3, 0.4) is 0 Å². The molecule has 0 aliphatic carbocycles. The highest BCUT2D eigenvalue weighted by Crippen LogP contribution is 2.27. The van der Waals surface area contributed by atoms with Gasteiger partial charge in [-0.1, -0.05) is 26.0 Å². The van der Waals surface area contributed by atoms with Gasteiger partial charge in [-0.15, -0.1) is 0 Å². The van der Waals surface area contributed by atoms with Crippen molar-refractivity contribution in [2.24, 2.45) is 0 Å². The van der Waals surface area contributed by atoms with Crippen LogP contribution >= 0.6 is 0 Å². The molecule has 1 fully saturated rings. The molecule has 2 heterocycles. The molecule has 0 radical (unpaired) electrons. The molecule has 1 aliphatic heterocycles. The van der Waals surface area contributed by atoms with Crippen LogP contribution in [0.25, 0.3) is 0 Å². The molecule has 3 rings (SSSR count). The van der Waals surface area contributed by atoms with E-state index in [9.17, 15) is 4.79 Å². The lowest BCUT2D eigenvalue weighted by molar-refractivity contribution is -0.133. The van der Waals surface area contributed by atoms with Crippen LogP contribution in [-0.4, -0.2) is 53.6 Å². The highest BCUT2D eigenvalue weighted by molar-refractivity contribution is 5.78. The maximum absolute atomic E-state index is 12.6. The van der Waals surface area contributed by atoms with Gasteiger partial charge in [0.15, 0.2) is 6.61 Å². The van der Waals surface area contributed by atoms with Crippen molar-refractivity contribution in [3.8, 4) is 5.75 Å². The average molecular weight is 368 g/mol. The topological polar surface area (TPSA) is 58.6 Å². The summed E-state index contributed by atoms with van der Waals surface area (Å²) in [4.78, 5) is 25.1. The third-order valence-corrected chi connectivity index (χ3v) is 4.89. The van der Waals surface area contributed by atoms with Crippen LogP contribution in [0.15, 0.2) is 30.6 Å². The predicted octanol–water partition coefficient (Wildman–Crippen LogP) is 2.94. The maximum Gasteiger partial charge on any atom is 0.260 e. The van der Waals surface area contributed by atoms with Crippen LogP contribution in [0.1, 0.15) is 36.6 Å². The van der Waals surface area contributed by atoms with E-state index in [2.05, 4.69) is 40.8 Å². The standard InChI is InChI=1S/C21H28N4O2/c1-15(2)18-6-5-16(3)11-19(18)27-13-21(26)25-9-7-24(8-10-25)20-12-17(4)22-14-23-20/h5-6,11-12,14-15H,7-10,13H2,1-4H3. The number of anilines is 1. The van der Waals surface area contributed by atoms with Gasteiger partial charge in [0, 0.05) is 37.9 Å². The zero-order valence-corrected chi connectivity index (χ0v) is 16.6. The molecule has 0 bridgehead atoms. The van der Waals surface area contributed by atoms with Gasteiger partial charge in [-0.2, -0.15) is 0 Å². The van der Waals surface area contributed by atoms with Gasteiger partial charge < -0.3 is 14.5 Å². The summed E-state index contributed by atoms with van der Waals surface area (Å²) in [6.07, 6.45) is 1.59. The van der Waals surface area contributed by atoms with Crippen molar-refractivity contribution in [2.75, 3.05) is 37.7 Å². The number of nitrogens with zero attached hydrogens (tertiary/aromatic N) is 4. The summed E-state index contributed by atoms with van der Waals surface area (Å²) in [5.74, 6) is 2.13. The minimum atomic E-state index is 0.0322. The molecule has 0 unspecified atom stereocenters. The van der Waals surface area contributed by atoms with Crippen LogP contribution in [0.5, 0.6) is 5.75 Å². The molecule has 27 heavy (non-hydrogen) atoms. The first-order chi connectivity index (χ1) is 12.9. The molecule has 144 valence electrons. The Labute approximate surface area is 161 Å². The van der Waals surface area contributed by atoms with E-state index in [0.717, 1.165) is 41.5 Å². The zero-order chi connectivity index (χ0) is 19.4. The lowest BCUT2D eigenvalue weighted by Crippen LogP contribution is -2.50. The monoisotopic (exact) mass is 368 g/mol. The minimum absolute atomic E-state index is 0.0322. The molecule has 0 saturated carbocycles. The van der Waals surface area contributed by atoms with Gasteiger partial charge in [-0.25, -0.2) is 9.97 Å². The van der Waals surface area contributed by atoms with E-state index in [-0.39, 0.29) is 12.5 Å². The van der Waals surface area contributed by atoms with E-state index in [1.165, 1.54) is 0 Å². The van der Waals surface area contributed by atoms with Gasteiger partial charge in [-0.3, -0.25) is 4.79 Å². The van der Waals surface area contributed by atoms with Crippen LogP contribution in [-0.2, 0) is 4.79 Å². The predicted molar refractivity (Wildman–Crippen MR) is 106 cm³/mol. The summed E-state index contributed by atoms with van der Waals surface area (Å²) in [5, 5.41) is 0. The van der Waals surface area contributed by atoms with Crippen molar-refractivity contribution in [3.05, 3.63) is 47.4 Å². The van der Waals surface area contributed by atoms with E-state index >= 15 is 0 Å². The van der Waals surface area contributed by atoms with E-state index in [1.54, 1.807) is 6.33 Å². The molecule has 1 saturated heterocycles. The first-order valence-corrected chi connectivity index (χ1v) is 9.48. The Bertz CT molecular complexity index is 799. The quantitative estimate of drug-likeness (QED) is 0.812. The molecule has 6 heteroatoms. The Hall–Kier alpha value is -2.63. The Balaban J connectivity index is 1.55. The van der Waals surface area contributed by atoms with Crippen LogP contribution in [0.2, 0.25) is 0 Å². The van der Waals surface area contributed by atoms with Crippen molar-refractivity contribution < 1.29 is 9.53 Å². The second kappa shape index (κ2) is 8.37. The van der Waals surface area contributed by atoms with Crippen molar-refractivity contribution in [1.82, 2.24) is 14.9 Å². The number of hydrogen-bond donors (Lipinski definition) is 0. The van der Waals surface area contributed by atoms with Crippen LogP contribution in [0, 0.1) is 13.8 Å². The molecule has 1 amide bonds. The highest BCUT2D eigenvalue weighted by atomic mass is 16.5. The summed E-state index contributed by atoms with van der Waals surface area (Å²) < 4.78 is 5.90. The molecular weight excluding hydrogens is 340 g/mol. The second-order valence-corrected chi connectivity index (χ2v) is 7.37. The molecule has 1 aromatic carbocycles. The summed E-state index contributed by atoms with van der Waals surface area (Å²) in [6.45, 7) is 11.2. The number of hydrogen-bond acceptors (Lipinski definition) is 5. The Morgan fingerprint density at radius 3 is 2.52 bits per heavy atom. The molecule has 0 atom stereocenters. The zero-order valence-electron chi connectivity index (χ0n) is 16.6. The number of benzene rings is 1. The Kier molecular flexibility index (Phi) is 5.94. The fourth-order valence-corrected chi connectivity index (χ4v) is 3.27. The summed E-state index contributed by atoms with van der Waals surface area (Å²) in [5.41, 5.74) is 3.22. The summed E-state index contributed by atoms with van der Waals surface area (Å²) >= 11 is 0. The van der Waals surface area contributed by atoms with Crippen molar-refractivity contribution in [1.29, 1.82) is 0 Å². The van der Waals surface area contributed by atoms with Gasteiger partial charge in [0.2, 0.25) is 0 Å². The largest absolute Gasteiger partial charge is 0.483 e. The van der Waals surface area contributed by atoms with E-state index < -0.39 is 0 Å². The Morgan fingerprint density at radius 1 is 1.11 bits per heavy atom. The number of aromatic nitrogens is 2. The number of ether oxygens (including phenoxy) is 1. The number of amides is 1. The fraction of sp³-hybridized carbons (Fsp3) is 0.476. The number of piperazine rings is 1.